The van der Waals surface area contributed by atoms with Crippen molar-refractivity contribution in [2.75, 3.05) is 26.3 Å². The highest BCUT2D eigenvalue weighted by Gasteiger charge is 2.27. The van der Waals surface area contributed by atoms with Gasteiger partial charge in [0.25, 0.3) is 0 Å². The van der Waals surface area contributed by atoms with Crippen LogP contribution >= 0.6 is 11.6 Å². The van der Waals surface area contributed by atoms with E-state index in [1.807, 2.05) is 31.2 Å². The fourth-order valence-electron chi connectivity index (χ4n) is 4.40. The Morgan fingerprint density at radius 1 is 1.06 bits per heavy atom. The molecule has 1 fully saturated rings. The molecule has 2 aromatic rings. The molecule has 7 heteroatoms. The van der Waals surface area contributed by atoms with Crippen LogP contribution in [0.3, 0.4) is 0 Å². The van der Waals surface area contributed by atoms with Gasteiger partial charge in [0.2, 0.25) is 0 Å². The lowest BCUT2D eigenvalue weighted by molar-refractivity contribution is -0.140. The molecule has 0 N–H and O–H groups in total. The standard InChI is InChI=1S/C26H28ClNO5/c1-3-31-26(30)28-11-8-19(9-12-28)25-22-6-5-21(27)15-20(22)16-33-24-7-4-18(14-23(24)25)10-13-32-17(2)29/h4-7,14-15H,3,8-13,16H2,1-2H3. The Bertz CT molecular complexity index is 1080. The maximum absolute atomic E-state index is 12.2. The maximum atomic E-state index is 12.2. The van der Waals surface area contributed by atoms with Crippen molar-refractivity contribution in [2.45, 2.75) is 39.7 Å². The van der Waals surface area contributed by atoms with Crippen LogP contribution in [0.4, 0.5) is 4.79 Å². The Labute approximate surface area is 199 Å². The number of ether oxygens (including phenoxy) is 3. The molecule has 2 aliphatic heterocycles. The number of halogens is 1. The van der Waals surface area contributed by atoms with Crippen LogP contribution in [-0.4, -0.2) is 43.3 Å². The van der Waals surface area contributed by atoms with Gasteiger partial charge in [-0.2, -0.15) is 0 Å². The molecular weight excluding hydrogens is 442 g/mol. The molecule has 0 saturated carbocycles. The van der Waals surface area contributed by atoms with Crippen molar-refractivity contribution in [3.05, 3.63) is 69.2 Å². The molecule has 33 heavy (non-hydrogen) atoms. The van der Waals surface area contributed by atoms with Crippen molar-refractivity contribution in [1.82, 2.24) is 4.90 Å². The lowest BCUT2D eigenvalue weighted by Gasteiger charge is -2.29. The largest absolute Gasteiger partial charge is 0.488 e. The van der Waals surface area contributed by atoms with E-state index in [4.69, 9.17) is 25.8 Å². The predicted molar refractivity (Wildman–Crippen MR) is 126 cm³/mol. The molecule has 1 amide bonds. The van der Waals surface area contributed by atoms with Crippen molar-refractivity contribution in [3.63, 3.8) is 0 Å². The summed E-state index contributed by atoms with van der Waals surface area (Å²) in [5.74, 6) is 0.531. The summed E-state index contributed by atoms with van der Waals surface area (Å²) in [6, 6.07) is 12.0. The average molecular weight is 470 g/mol. The molecule has 174 valence electrons. The molecule has 0 bridgehead atoms. The van der Waals surface area contributed by atoms with E-state index >= 15 is 0 Å². The third-order valence-electron chi connectivity index (χ3n) is 5.98. The molecule has 0 radical (unpaired) electrons. The Morgan fingerprint density at radius 3 is 2.58 bits per heavy atom. The summed E-state index contributed by atoms with van der Waals surface area (Å²) in [4.78, 5) is 25.1. The second-order valence-corrected chi connectivity index (χ2v) is 8.61. The Kier molecular flexibility index (Phi) is 7.23. The molecule has 0 spiro atoms. The number of benzene rings is 2. The number of amides is 1. The van der Waals surface area contributed by atoms with Crippen LogP contribution in [0.2, 0.25) is 5.02 Å². The lowest BCUT2D eigenvalue weighted by atomic mass is 9.86. The minimum atomic E-state index is -0.282. The number of nitrogens with zero attached hydrogens (tertiary/aromatic N) is 1. The van der Waals surface area contributed by atoms with Crippen molar-refractivity contribution in [3.8, 4) is 5.75 Å². The zero-order chi connectivity index (χ0) is 23.4. The van der Waals surface area contributed by atoms with E-state index in [-0.39, 0.29) is 12.1 Å². The normalized spacial score (nSPS) is 15.2. The van der Waals surface area contributed by atoms with Crippen molar-refractivity contribution < 1.29 is 23.8 Å². The van der Waals surface area contributed by atoms with Gasteiger partial charge in [0.05, 0.1) is 13.2 Å². The minimum absolute atomic E-state index is 0.258. The molecule has 0 aromatic heterocycles. The highest BCUT2D eigenvalue weighted by molar-refractivity contribution is 6.30. The maximum Gasteiger partial charge on any atom is 0.409 e. The SMILES string of the molecule is CCOC(=O)N1CCC(=C2c3ccc(Cl)cc3COc3ccc(CCOC(C)=O)cc32)CC1. The van der Waals surface area contributed by atoms with Crippen LogP contribution in [0.25, 0.3) is 5.57 Å². The summed E-state index contributed by atoms with van der Waals surface area (Å²) in [5, 5.41) is 0.673. The summed E-state index contributed by atoms with van der Waals surface area (Å²) < 4.78 is 16.5. The summed E-state index contributed by atoms with van der Waals surface area (Å²) in [6.07, 6.45) is 1.88. The number of carbonyl (C=O) groups excluding carboxylic acids is 2. The first-order valence-electron chi connectivity index (χ1n) is 11.3. The molecule has 0 atom stereocenters. The van der Waals surface area contributed by atoms with Gasteiger partial charge in [0.1, 0.15) is 12.4 Å². The topological polar surface area (TPSA) is 65.1 Å². The summed E-state index contributed by atoms with van der Waals surface area (Å²) >= 11 is 6.30. The second-order valence-electron chi connectivity index (χ2n) is 8.18. The monoisotopic (exact) mass is 469 g/mol. The van der Waals surface area contributed by atoms with Crippen LogP contribution in [0.15, 0.2) is 42.0 Å². The number of esters is 1. The molecular formula is C26H28ClNO5. The van der Waals surface area contributed by atoms with E-state index in [1.54, 1.807) is 4.90 Å². The van der Waals surface area contributed by atoms with Crippen LogP contribution < -0.4 is 4.74 Å². The number of carbonyl (C=O) groups is 2. The van der Waals surface area contributed by atoms with E-state index in [9.17, 15) is 9.59 Å². The summed E-state index contributed by atoms with van der Waals surface area (Å²) in [6.45, 7) is 5.60. The first-order valence-corrected chi connectivity index (χ1v) is 11.7. The van der Waals surface area contributed by atoms with Gasteiger partial charge < -0.3 is 19.1 Å². The number of hydrogen-bond donors (Lipinski definition) is 0. The van der Waals surface area contributed by atoms with Crippen LogP contribution in [0.1, 0.15) is 48.9 Å². The van der Waals surface area contributed by atoms with Gasteiger partial charge in [-0.1, -0.05) is 29.3 Å². The Balaban J connectivity index is 1.72. The molecule has 0 unspecified atom stereocenters. The zero-order valence-electron chi connectivity index (χ0n) is 19.0. The van der Waals surface area contributed by atoms with Crippen molar-refractivity contribution >= 4 is 29.2 Å². The molecule has 0 aliphatic carbocycles. The van der Waals surface area contributed by atoms with E-state index in [1.165, 1.54) is 12.5 Å². The van der Waals surface area contributed by atoms with Crippen LogP contribution in [0.5, 0.6) is 5.75 Å². The number of hydrogen-bond acceptors (Lipinski definition) is 5. The summed E-state index contributed by atoms with van der Waals surface area (Å²) in [7, 11) is 0. The third kappa shape index (κ3) is 5.33. The number of piperidine rings is 1. The molecule has 2 heterocycles. The summed E-state index contributed by atoms with van der Waals surface area (Å²) in [5.41, 5.74) is 6.66. The molecule has 2 aromatic carbocycles. The van der Waals surface area contributed by atoms with Gasteiger partial charge in [0.15, 0.2) is 0 Å². The van der Waals surface area contributed by atoms with Crippen LogP contribution in [0, 0.1) is 0 Å². The number of rotatable bonds is 4. The first kappa shape index (κ1) is 23.2. The second kappa shape index (κ2) is 10.3. The Hall–Kier alpha value is -2.99. The van der Waals surface area contributed by atoms with E-state index in [0.29, 0.717) is 44.4 Å². The highest BCUT2D eigenvalue weighted by Crippen LogP contribution is 2.42. The lowest BCUT2D eigenvalue weighted by Crippen LogP contribution is -2.37. The van der Waals surface area contributed by atoms with Crippen molar-refractivity contribution in [1.29, 1.82) is 0 Å². The number of fused-ring (bicyclic) bond motifs is 2. The highest BCUT2D eigenvalue weighted by atomic mass is 35.5. The van der Waals surface area contributed by atoms with Gasteiger partial charge in [-0.05, 0) is 66.3 Å². The van der Waals surface area contributed by atoms with Gasteiger partial charge in [-0.15, -0.1) is 0 Å². The third-order valence-corrected chi connectivity index (χ3v) is 6.21. The van der Waals surface area contributed by atoms with E-state index in [2.05, 4.69) is 12.1 Å². The Morgan fingerprint density at radius 2 is 1.85 bits per heavy atom. The average Bonchev–Trinajstić information content (AvgIpc) is 2.95. The predicted octanol–water partition coefficient (Wildman–Crippen LogP) is 5.39. The van der Waals surface area contributed by atoms with Crippen LogP contribution in [-0.2, 0) is 27.3 Å². The smallest absolute Gasteiger partial charge is 0.409 e. The van der Waals surface area contributed by atoms with Gasteiger partial charge in [0, 0.05) is 37.0 Å². The molecule has 4 rings (SSSR count). The fourth-order valence-corrected chi connectivity index (χ4v) is 4.59. The molecule has 6 nitrogen and oxygen atoms in total. The quantitative estimate of drug-likeness (QED) is 0.561. The van der Waals surface area contributed by atoms with Gasteiger partial charge in [-0.25, -0.2) is 4.79 Å². The van der Waals surface area contributed by atoms with Crippen molar-refractivity contribution in [2.24, 2.45) is 0 Å². The van der Waals surface area contributed by atoms with E-state index < -0.39 is 0 Å². The van der Waals surface area contributed by atoms with Gasteiger partial charge in [-0.3, -0.25) is 4.79 Å². The molecule has 1 saturated heterocycles. The zero-order valence-corrected chi connectivity index (χ0v) is 19.7. The van der Waals surface area contributed by atoms with Gasteiger partial charge >= 0.3 is 12.1 Å². The first-order chi connectivity index (χ1) is 16.0. The van der Waals surface area contributed by atoms with E-state index in [0.717, 1.165) is 46.4 Å². The number of likely N-dealkylation sites (tertiary alicyclic amines) is 1. The fraction of sp³-hybridized carbons (Fsp3) is 0.385. The molecule has 2 aliphatic rings. The minimum Gasteiger partial charge on any atom is -0.488 e.